The third-order valence-electron chi connectivity index (χ3n) is 11.2. The van der Waals surface area contributed by atoms with Crippen molar-refractivity contribution in [3.05, 3.63) is 0 Å². The fourth-order valence-electron chi connectivity index (χ4n) is 8.63. The standard InChI is InChI=1S/C35H69B/c1-33-28-24-20-16-12-8-4-3-5-11-15-19-23-27-31-35(33,32-36)34(2)29-25-21-17-13-9-6-7-10-14-18-22-26-30-34/h33H,3-32,36H2,1-2H3. The third kappa shape index (κ3) is 11.8. The van der Waals surface area contributed by atoms with Crippen LogP contribution in [0.25, 0.3) is 0 Å². The highest BCUT2D eigenvalue weighted by atomic mass is 14.5. The fraction of sp³-hybridized carbons (Fsp3) is 1.00. The van der Waals surface area contributed by atoms with Gasteiger partial charge < -0.3 is 0 Å². The van der Waals surface area contributed by atoms with Crippen LogP contribution in [0.2, 0.25) is 6.32 Å². The fourth-order valence-corrected chi connectivity index (χ4v) is 8.63. The first-order valence-corrected chi connectivity index (χ1v) is 17.6. The van der Waals surface area contributed by atoms with Crippen LogP contribution in [-0.4, -0.2) is 7.85 Å². The minimum Gasteiger partial charge on any atom is -0.0747 e. The van der Waals surface area contributed by atoms with Crippen molar-refractivity contribution in [1.82, 2.24) is 0 Å². The summed E-state index contributed by atoms with van der Waals surface area (Å²) in [4.78, 5) is 0. The van der Waals surface area contributed by atoms with Crippen molar-refractivity contribution in [3.8, 4) is 0 Å². The molecule has 0 spiro atoms. The van der Waals surface area contributed by atoms with Gasteiger partial charge in [-0.25, -0.2) is 0 Å². The van der Waals surface area contributed by atoms with Crippen LogP contribution in [0, 0.1) is 16.7 Å². The van der Waals surface area contributed by atoms with Crippen molar-refractivity contribution in [1.29, 1.82) is 0 Å². The summed E-state index contributed by atoms with van der Waals surface area (Å²) in [6.07, 6.45) is 44.7. The third-order valence-corrected chi connectivity index (χ3v) is 11.2. The van der Waals surface area contributed by atoms with E-state index in [1.165, 1.54) is 193 Å². The molecule has 2 aliphatic rings. The highest BCUT2D eigenvalue weighted by molar-refractivity contribution is 6.09. The van der Waals surface area contributed by atoms with E-state index >= 15 is 0 Å². The van der Waals surface area contributed by atoms with E-state index in [9.17, 15) is 0 Å². The topological polar surface area (TPSA) is 0 Å². The van der Waals surface area contributed by atoms with Crippen LogP contribution in [0.5, 0.6) is 0 Å². The highest BCUT2D eigenvalue weighted by Crippen LogP contribution is 2.57. The zero-order chi connectivity index (χ0) is 25.8. The predicted octanol–water partition coefficient (Wildman–Crippen LogP) is 12.0. The van der Waals surface area contributed by atoms with Gasteiger partial charge in [0.25, 0.3) is 0 Å². The first kappa shape index (κ1) is 32.3. The van der Waals surface area contributed by atoms with Gasteiger partial charge in [0.15, 0.2) is 0 Å². The summed E-state index contributed by atoms with van der Waals surface area (Å²) < 4.78 is 0. The van der Waals surface area contributed by atoms with Gasteiger partial charge in [-0.15, -0.1) is 0 Å². The van der Waals surface area contributed by atoms with E-state index in [1.54, 1.807) is 0 Å². The molecule has 212 valence electrons. The molecule has 2 atom stereocenters. The van der Waals surface area contributed by atoms with Crippen LogP contribution in [0.4, 0.5) is 0 Å². The smallest absolute Gasteiger partial charge is 0.0747 e. The van der Waals surface area contributed by atoms with Crippen LogP contribution in [0.3, 0.4) is 0 Å². The van der Waals surface area contributed by atoms with E-state index < -0.39 is 0 Å². The van der Waals surface area contributed by atoms with Gasteiger partial charge in [0.1, 0.15) is 7.85 Å². The van der Waals surface area contributed by atoms with Crippen molar-refractivity contribution in [3.63, 3.8) is 0 Å². The predicted molar refractivity (Wildman–Crippen MR) is 167 cm³/mol. The molecule has 0 bridgehead atoms. The molecule has 0 saturated heterocycles. The van der Waals surface area contributed by atoms with Crippen molar-refractivity contribution in [2.24, 2.45) is 16.7 Å². The molecule has 36 heavy (non-hydrogen) atoms. The van der Waals surface area contributed by atoms with Crippen LogP contribution >= 0.6 is 0 Å². The summed E-state index contributed by atoms with van der Waals surface area (Å²) in [5.41, 5.74) is 1.11. The van der Waals surface area contributed by atoms with Gasteiger partial charge in [0.2, 0.25) is 0 Å². The molecule has 0 N–H and O–H groups in total. The van der Waals surface area contributed by atoms with E-state index in [0.29, 0.717) is 10.8 Å². The summed E-state index contributed by atoms with van der Waals surface area (Å²) in [5.74, 6) is 0.894. The minimum atomic E-state index is 0.546. The number of hydrogen-bond donors (Lipinski definition) is 0. The molecule has 0 aliphatic heterocycles. The molecule has 2 saturated carbocycles. The quantitative estimate of drug-likeness (QED) is 0.331. The second-order valence-corrected chi connectivity index (χ2v) is 13.8. The summed E-state index contributed by atoms with van der Waals surface area (Å²) in [7, 11) is 2.60. The van der Waals surface area contributed by atoms with Crippen molar-refractivity contribution < 1.29 is 0 Å². The van der Waals surface area contributed by atoms with E-state index in [0.717, 1.165) is 5.92 Å². The monoisotopic (exact) mass is 501 g/mol. The highest BCUT2D eigenvalue weighted by Gasteiger charge is 2.48. The molecular weight excluding hydrogens is 431 g/mol. The molecule has 0 aromatic rings. The van der Waals surface area contributed by atoms with E-state index in [1.807, 2.05) is 0 Å². The summed E-state index contributed by atoms with van der Waals surface area (Å²) in [6.45, 7) is 5.51. The van der Waals surface area contributed by atoms with Gasteiger partial charge in [-0.2, -0.15) is 0 Å². The van der Waals surface area contributed by atoms with Crippen molar-refractivity contribution in [2.75, 3.05) is 0 Å². The molecule has 0 heterocycles. The average molecular weight is 501 g/mol. The van der Waals surface area contributed by atoms with Gasteiger partial charge >= 0.3 is 0 Å². The Balaban J connectivity index is 2.14. The number of rotatable bonds is 2. The van der Waals surface area contributed by atoms with Gasteiger partial charge in [-0.3, -0.25) is 0 Å². The second kappa shape index (κ2) is 20.0. The molecule has 1 heteroatoms. The Morgan fingerprint density at radius 3 is 1.06 bits per heavy atom. The van der Waals surface area contributed by atoms with Crippen LogP contribution in [0.15, 0.2) is 0 Å². The van der Waals surface area contributed by atoms with E-state index in [4.69, 9.17) is 0 Å². The maximum absolute atomic E-state index is 2.80. The van der Waals surface area contributed by atoms with Gasteiger partial charge in [0.05, 0.1) is 0 Å². The SMILES string of the molecule is BCC1(C2(C)CCCCCCCCCCCCCC2)CCCCCCCCCCCCCCCC1C. The molecule has 0 radical (unpaired) electrons. The Morgan fingerprint density at radius 1 is 0.444 bits per heavy atom. The summed E-state index contributed by atoms with van der Waals surface area (Å²) in [6, 6.07) is 0. The minimum absolute atomic E-state index is 0.546. The van der Waals surface area contributed by atoms with Crippen LogP contribution in [-0.2, 0) is 0 Å². The Morgan fingerprint density at radius 2 is 0.722 bits per heavy atom. The summed E-state index contributed by atoms with van der Waals surface area (Å²) >= 11 is 0. The lowest BCUT2D eigenvalue weighted by Crippen LogP contribution is -2.45. The Kier molecular flexibility index (Phi) is 18.0. The maximum atomic E-state index is 2.80. The van der Waals surface area contributed by atoms with E-state index in [-0.39, 0.29) is 0 Å². The zero-order valence-electron chi connectivity index (χ0n) is 25.8. The maximum Gasteiger partial charge on any atom is 0.102 e. The lowest BCUT2D eigenvalue weighted by Gasteiger charge is -2.54. The van der Waals surface area contributed by atoms with Crippen LogP contribution < -0.4 is 0 Å². The summed E-state index contributed by atoms with van der Waals surface area (Å²) in [5, 5.41) is 0. The first-order chi connectivity index (χ1) is 17.6. The molecule has 0 aromatic carbocycles. The average Bonchev–Trinajstić information content (AvgIpc) is 2.88. The van der Waals surface area contributed by atoms with Crippen LogP contribution in [0.1, 0.15) is 200 Å². The zero-order valence-corrected chi connectivity index (χ0v) is 25.8. The first-order valence-electron chi connectivity index (χ1n) is 17.6. The molecule has 0 aromatic heterocycles. The number of hydrogen-bond acceptors (Lipinski definition) is 0. The Bertz CT molecular complexity index is 483. The second-order valence-electron chi connectivity index (χ2n) is 13.8. The van der Waals surface area contributed by atoms with Gasteiger partial charge in [0, 0.05) is 0 Å². The molecule has 0 amide bonds. The molecule has 2 unspecified atom stereocenters. The normalized spacial score (nSPS) is 30.9. The lowest BCUT2D eigenvalue weighted by molar-refractivity contribution is -0.0200. The Labute approximate surface area is 230 Å². The largest absolute Gasteiger partial charge is 0.102 e. The molecule has 2 aliphatic carbocycles. The van der Waals surface area contributed by atoms with E-state index in [2.05, 4.69) is 21.7 Å². The Hall–Kier alpha value is 0.0649. The van der Waals surface area contributed by atoms with Gasteiger partial charge in [-0.1, -0.05) is 187 Å². The van der Waals surface area contributed by atoms with Crippen molar-refractivity contribution >= 4 is 7.85 Å². The van der Waals surface area contributed by atoms with Crippen molar-refractivity contribution in [2.45, 2.75) is 206 Å². The molecule has 2 rings (SSSR count). The lowest BCUT2D eigenvalue weighted by atomic mass is 9.48. The molecular formula is C35H69B. The molecule has 0 nitrogen and oxygen atoms in total. The van der Waals surface area contributed by atoms with Gasteiger partial charge in [-0.05, 0) is 36.0 Å². The molecule has 2 fully saturated rings.